The number of carbonyl (C=O) groups is 2. The first-order valence-electron chi connectivity index (χ1n) is 4.70. The van der Waals surface area contributed by atoms with Gasteiger partial charge in [-0.05, 0) is 13.8 Å². The Morgan fingerprint density at radius 2 is 1.31 bits per heavy atom. The van der Waals surface area contributed by atoms with Gasteiger partial charge in [-0.15, -0.1) is 0 Å². The molecular formula is C10H14I2O4. The molecule has 0 bridgehead atoms. The molecule has 0 spiro atoms. The molecule has 2 unspecified atom stereocenters. The number of halogens is 2. The first-order valence-corrected chi connectivity index (χ1v) is 7.76. The van der Waals surface area contributed by atoms with E-state index in [2.05, 4.69) is 45.2 Å². The zero-order chi connectivity index (χ0) is 12.6. The van der Waals surface area contributed by atoms with Gasteiger partial charge in [0.2, 0.25) is 0 Å². The fourth-order valence-corrected chi connectivity index (χ4v) is 1.03. The van der Waals surface area contributed by atoms with E-state index in [9.17, 15) is 9.59 Å². The van der Waals surface area contributed by atoms with Crippen LogP contribution in [0.3, 0.4) is 0 Å². The third-order valence-electron chi connectivity index (χ3n) is 1.42. The summed E-state index contributed by atoms with van der Waals surface area (Å²) in [7, 11) is 0. The van der Waals surface area contributed by atoms with Crippen LogP contribution in [0, 0.1) is 0 Å². The third kappa shape index (κ3) is 8.31. The molecule has 0 aromatic rings. The number of hydrogen-bond acceptors (Lipinski definition) is 4. The average molecular weight is 452 g/mol. The zero-order valence-corrected chi connectivity index (χ0v) is 13.4. The van der Waals surface area contributed by atoms with Crippen molar-refractivity contribution in [3.63, 3.8) is 0 Å². The summed E-state index contributed by atoms with van der Waals surface area (Å²) < 4.78 is 11.3. The Hall–Kier alpha value is 0.140. The van der Waals surface area contributed by atoms with Crippen LogP contribution >= 0.6 is 45.2 Å². The van der Waals surface area contributed by atoms with Gasteiger partial charge in [0.05, 0.1) is 0 Å². The van der Waals surface area contributed by atoms with Crippen LogP contribution in [0.2, 0.25) is 0 Å². The highest BCUT2D eigenvalue weighted by Gasteiger charge is 2.07. The normalized spacial score (nSPS) is 14.5. The molecule has 0 aliphatic carbocycles. The van der Waals surface area contributed by atoms with Gasteiger partial charge in [0.25, 0.3) is 0 Å². The molecule has 0 aromatic heterocycles. The molecule has 0 aromatic carbocycles. The summed E-state index contributed by atoms with van der Waals surface area (Å²) >= 11 is 4.23. The van der Waals surface area contributed by atoms with Gasteiger partial charge < -0.3 is 9.47 Å². The van der Waals surface area contributed by atoms with Gasteiger partial charge in [0, 0.05) is 21.0 Å². The molecular weight excluding hydrogens is 438 g/mol. The number of esters is 2. The van der Waals surface area contributed by atoms with Gasteiger partial charge in [-0.25, -0.2) is 9.59 Å². The molecule has 0 aliphatic rings. The van der Waals surface area contributed by atoms with Crippen LogP contribution < -0.4 is 0 Å². The van der Waals surface area contributed by atoms with E-state index in [0.717, 1.165) is 12.2 Å². The van der Waals surface area contributed by atoms with Crippen LogP contribution in [0.4, 0.5) is 0 Å². The maximum absolute atomic E-state index is 11.2. The van der Waals surface area contributed by atoms with Crippen molar-refractivity contribution in [3.8, 4) is 0 Å². The van der Waals surface area contributed by atoms with Gasteiger partial charge in [-0.3, -0.25) is 0 Å². The highest BCUT2D eigenvalue weighted by molar-refractivity contribution is 14.1. The summed E-state index contributed by atoms with van der Waals surface area (Å²) in [5.74, 6) is -1.05. The van der Waals surface area contributed by atoms with Crippen molar-refractivity contribution in [2.75, 3.05) is 8.86 Å². The quantitative estimate of drug-likeness (QED) is 0.269. The summed E-state index contributed by atoms with van der Waals surface area (Å²) in [5, 5.41) is 0. The lowest BCUT2D eigenvalue weighted by Crippen LogP contribution is -2.16. The minimum absolute atomic E-state index is 0.151. The summed E-state index contributed by atoms with van der Waals surface area (Å²) in [6, 6.07) is 0. The highest BCUT2D eigenvalue weighted by atomic mass is 127. The van der Waals surface area contributed by atoms with Crippen molar-refractivity contribution in [2.45, 2.75) is 26.1 Å². The van der Waals surface area contributed by atoms with Crippen molar-refractivity contribution in [3.05, 3.63) is 12.2 Å². The Morgan fingerprint density at radius 1 is 1.00 bits per heavy atom. The summed E-state index contributed by atoms with van der Waals surface area (Å²) in [6.45, 7) is 3.57. The second-order valence-electron chi connectivity index (χ2n) is 3.14. The van der Waals surface area contributed by atoms with Crippen LogP contribution in [-0.2, 0) is 19.1 Å². The molecule has 0 rings (SSSR count). The minimum Gasteiger partial charge on any atom is -0.459 e. The zero-order valence-electron chi connectivity index (χ0n) is 9.11. The first kappa shape index (κ1) is 16.1. The summed E-state index contributed by atoms with van der Waals surface area (Å²) in [6.07, 6.45) is 1.87. The molecule has 16 heavy (non-hydrogen) atoms. The van der Waals surface area contributed by atoms with Gasteiger partial charge in [-0.2, -0.15) is 0 Å². The Balaban J connectivity index is 3.98. The van der Waals surface area contributed by atoms with Gasteiger partial charge in [0.1, 0.15) is 12.2 Å². The second kappa shape index (κ2) is 9.20. The SMILES string of the molecule is CC(CI)OC(=O)/C=C/C(=O)OC(C)CI. The fraction of sp³-hybridized carbons (Fsp3) is 0.600. The van der Waals surface area contributed by atoms with Crippen LogP contribution in [0.1, 0.15) is 13.8 Å². The van der Waals surface area contributed by atoms with Crippen LogP contribution in [-0.4, -0.2) is 33.0 Å². The number of carbonyl (C=O) groups excluding carboxylic acids is 2. The Labute approximate surface area is 122 Å². The molecule has 0 heterocycles. The fourth-order valence-electron chi connectivity index (χ4n) is 0.674. The largest absolute Gasteiger partial charge is 0.459 e. The predicted molar refractivity (Wildman–Crippen MR) is 78.0 cm³/mol. The lowest BCUT2D eigenvalue weighted by Gasteiger charge is -2.08. The lowest BCUT2D eigenvalue weighted by atomic mass is 10.4. The maximum Gasteiger partial charge on any atom is 0.331 e. The Kier molecular flexibility index (Phi) is 9.28. The monoisotopic (exact) mass is 452 g/mol. The topological polar surface area (TPSA) is 52.6 Å². The van der Waals surface area contributed by atoms with Crippen LogP contribution in [0.15, 0.2) is 12.2 Å². The summed E-state index contributed by atoms with van der Waals surface area (Å²) in [4.78, 5) is 22.3. The van der Waals surface area contributed by atoms with Crippen molar-refractivity contribution in [1.82, 2.24) is 0 Å². The highest BCUT2D eigenvalue weighted by Crippen LogP contribution is 1.99. The van der Waals surface area contributed by atoms with E-state index in [-0.39, 0.29) is 12.2 Å². The molecule has 0 N–H and O–H groups in total. The van der Waals surface area contributed by atoms with Gasteiger partial charge in [-0.1, -0.05) is 45.2 Å². The second-order valence-corrected chi connectivity index (χ2v) is 4.90. The molecule has 0 aliphatic heterocycles. The van der Waals surface area contributed by atoms with E-state index >= 15 is 0 Å². The lowest BCUT2D eigenvalue weighted by molar-refractivity contribution is -0.143. The maximum atomic E-state index is 11.2. The molecule has 0 radical (unpaired) electrons. The van der Waals surface area contributed by atoms with E-state index in [1.807, 2.05) is 0 Å². The van der Waals surface area contributed by atoms with Gasteiger partial charge in [0.15, 0.2) is 0 Å². The van der Waals surface area contributed by atoms with E-state index in [1.54, 1.807) is 13.8 Å². The Morgan fingerprint density at radius 3 is 1.56 bits per heavy atom. The molecule has 0 saturated carbocycles. The van der Waals surface area contributed by atoms with Crippen LogP contribution in [0.5, 0.6) is 0 Å². The van der Waals surface area contributed by atoms with E-state index in [0.29, 0.717) is 8.86 Å². The van der Waals surface area contributed by atoms with Gasteiger partial charge >= 0.3 is 11.9 Å². The average Bonchev–Trinajstić information content (AvgIpc) is 2.26. The smallest absolute Gasteiger partial charge is 0.331 e. The van der Waals surface area contributed by atoms with E-state index < -0.39 is 11.9 Å². The van der Waals surface area contributed by atoms with Crippen molar-refractivity contribution in [1.29, 1.82) is 0 Å². The standard InChI is InChI=1S/C10H14I2O4/c1-7(5-11)15-9(13)3-4-10(14)16-8(2)6-12/h3-4,7-8H,5-6H2,1-2H3/b4-3+. The first-order chi connectivity index (χ1) is 7.49. The molecule has 0 fully saturated rings. The van der Waals surface area contributed by atoms with Crippen molar-refractivity contribution < 1.29 is 19.1 Å². The number of hydrogen-bond donors (Lipinski definition) is 0. The molecule has 2 atom stereocenters. The minimum atomic E-state index is -0.525. The number of ether oxygens (including phenoxy) is 2. The van der Waals surface area contributed by atoms with Crippen molar-refractivity contribution in [2.24, 2.45) is 0 Å². The van der Waals surface area contributed by atoms with Crippen LogP contribution in [0.25, 0.3) is 0 Å². The van der Waals surface area contributed by atoms with E-state index in [1.165, 1.54) is 0 Å². The molecule has 6 heteroatoms. The molecule has 0 saturated heterocycles. The molecule has 92 valence electrons. The molecule has 0 amide bonds. The predicted octanol–water partition coefficient (Wildman–Crippen LogP) is 2.28. The third-order valence-corrected chi connectivity index (χ3v) is 3.91. The number of alkyl halides is 2. The number of rotatable bonds is 6. The van der Waals surface area contributed by atoms with E-state index in [4.69, 9.17) is 9.47 Å². The Bertz CT molecular complexity index is 240. The van der Waals surface area contributed by atoms with Crippen molar-refractivity contribution >= 4 is 57.1 Å². The molecule has 4 nitrogen and oxygen atoms in total. The summed E-state index contributed by atoms with van der Waals surface area (Å²) in [5.41, 5.74) is 0.